The summed E-state index contributed by atoms with van der Waals surface area (Å²) in [7, 11) is 0. The molecule has 17 heavy (non-hydrogen) atoms. The van der Waals surface area contributed by atoms with Gasteiger partial charge in [-0.3, -0.25) is 0 Å². The second kappa shape index (κ2) is 7.98. The maximum Gasteiger partial charge on any atom is 2.00 e. The summed E-state index contributed by atoms with van der Waals surface area (Å²) in [4.78, 5) is 0. The molecular formula is C16H26W. The second-order valence-corrected chi connectivity index (χ2v) is 5.10. The summed E-state index contributed by atoms with van der Waals surface area (Å²) in [6, 6.07) is 0. The zero-order chi connectivity index (χ0) is 13.0. The normalized spacial score (nSPS) is 9.47. The summed E-state index contributed by atoms with van der Waals surface area (Å²) in [5.41, 5.74) is 8.09. The van der Waals surface area contributed by atoms with Gasteiger partial charge in [-0.25, -0.2) is 0 Å². The summed E-state index contributed by atoms with van der Waals surface area (Å²) in [6.45, 7) is 21.2. The van der Waals surface area contributed by atoms with Crippen molar-refractivity contribution < 1.29 is 21.1 Å². The van der Waals surface area contributed by atoms with Crippen LogP contribution < -0.4 is 0 Å². The molecule has 0 aromatic heterocycles. The van der Waals surface area contributed by atoms with Gasteiger partial charge in [-0.05, 0) is 6.92 Å². The van der Waals surface area contributed by atoms with E-state index in [4.69, 9.17) is 0 Å². The molecule has 0 N–H and O–H groups in total. The molecule has 0 aliphatic heterocycles. The van der Waals surface area contributed by atoms with E-state index in [0.717, 1.165) is 0 Å². The molecule has 1 heteroatoms. The monoisotopic (exact) mass is 402 g/mol. The Kier molecular flexibility index (Phi) is 8.98. The summed E-state index contributed by atoms with van der Waals surface area (Å²) in [5, 5.41) is 0. The SMILES string of the molecule is C[C-](C)C.[CH2-]c1c(C)c(C)c(C)c(C)c1C.[W+2]. The molecule has 1 aromatic carbocycles. The molecule has 0 nitrogen and oxygen atoms in total. The number of benzene rings is 1. The average molecular weight is 402 g/mol. The van der Waals surface area contributed by atoms with Crippen LogP contribution >= 0.6 is 0 Å². The van der Waals surface area contributed by atoms with Gasteiger partial charge in [0.15, 0.2) is 0 Å². The van der Waals surface area contributed by atoms with Gasteiger partial charge in [-0.1, -0.05) is 33.3 Å². The molecule has 96 valence electrons. The van der Waals surface area contributed by atoms with Crippen LogP contribution in [-0.2, 0) is 21.1 Å². The second-order valence-electron chi connectivity index (χ2n) is 5.10. The zero-order valence-electron chi connectivity index (χ0n) is 12.6. The molecular weight excluding hydrogens is 376 g/mol. The third-order valence-corrected chi connectivity index (χ3v) is 3.16. The standard InChI is InChI=1S/C12H17.C4H9.W/c1-7-8(2)10(4)12(6)11(5)9(7)3;1-4(2)3;/h1H2,2-6H3;1-3H3;/q2*-1;+2. The molecule has 0 saturated carbocycles. The molecule has 1 aromatic rings. The van der Waals surface area contributed by atoms with E-state index in [1.54, 1.807) is 0 Å². The quantitative estimate of drug-likeness (QED) is 0.534. The van der Waals surface area contributed by atoms with E-state index in [1.165, 1.54) is 39.3 Å². The third-order valence-electron chi connectivity index (χ3n) is 3.16. The van der Waals surface area contributed by atoms with Crippen LogP contribution in [0.1, 0.15) is 54.2 Å². The molecule has 0 aliphatic carbocycles. The van der Waals surface area contributed by atoms with E-state index in [9.17, 15) is 0 Å². The van der Waals surface area contributed by atoms with Crippen molar-refractivity contribution in [3.63, 3.8) is 0 Å². The predicted molar refractivity (Wildman–Crippen MR) is 74.9 cm³/mol. The Balaban J connectivity index is 0. The minimum Gasteiger partial charge on any atom is -0.323 e. The number of hydrogen-bond acceptors (Lipinski definition) is 0. The van der Waals surface area contributed by atoms with Crippen LogP contribution in [0.3, 0.4) is 0 Å². The molecule has 0 fully saturated rings. The fourth-order valence-electron chi connectivity index (χ4n) is 1.58. The summed E-state index contributed by atoms with van der Waals surface area (Å²) in [5.74, 6) is 1.42. The Hall–Kier alpha value is -0.222. The maximum atomic E-state index is 4.08. The van der Waals surface area contributed by atoms with Crippen molar-refractivity contribution in [2.75, 3.05) is 0 Å². The first kappa shape index (κ1) is 19.1. The first-order valence-corrected chi connectivity index (χ1v) is 5.85. The van der Waals surface area contributed by atoms with Crippen LogP contribution in [0.5, 0.6) is 0 Å². The first-order chi connectivity index (χ1) is 7.20. The van der Waals surface area contributed by atoms with Crippen LogP contribution in [0.25, 0.3) is 0 Å². The predicted octanol–water partition coefficient (Wildman–Crippen LogP) is 5.03. The third kappa shape index (κ3) is 5.30. The van der Waals surface area contributed by atoms with Gasteiger partial charge >= 0.3 is 21.1 Å². The van der Waals surface area contributed by atoms with E-state index in [1.807, 2.05) is 0 Å². The summed E-state index contributed by atoms with van der Waals surface area (Å²) >= 11 is 0. The van der Waals surface area contributed by atoms with E-state index in [-0.39, 0.29) is 21.1 Å². The van der Waals surface area contributed by atoms with E-state index in [2.05, 4.69) is 62.3 Å². The van der Waals surface area contributed by atoms with Gasteiger partial charge in [0.1, 0.15) is 0 Å². The van der Waals surface area contributed by atoms with Crippen molar-refractivity contribution in [1.29, 1.82) is 0 Å². The van der Waals surface area contributed by atoms with Gasteiger partial charge in [0, 0.05) is 0 Å². The Morgan fingerprint density at radius 1 is 0.647 bits per heavy atom. The van der Waals surface area contributed by atoms with Gasteiger partial charge in [0.05, 0.1) is 0 Å². The van der Waals surface area contributed by atoms with Gasteiger partial charge in [-0.15, -0.1) is 22.3 Å². The van der Waals surface area contributed by atoms with Crippen LogP contribution in [-0.4, -0.2) is 0 Å². The smallest absolute Gasteiger partial charge is 0.323 e. The van der Waals surface area contributed by atoms with Crippen molar-refractivity contribution in [1.82, 2.24) is 0 Å². The molecule has 0 radical (unpaired) electrons. The van der Waals surface area contributed by atoms with Gasteiger partial charge in [-0.2, -0.15) is 33.3 Å². The summed E-state index contributed by atoms with van der Waals surface area (Å²) in [6.07, 6.45) is 0. The topological polar surface area (TPSA) is 0 Å². The van der Waals surface area contributed by atoms with Gasteiger partial charge in [0.2, 0.25) is 0 Å². The minimum atomic E-state index is 0. The Morgan fingerprint density at radius 2 is 0.824 bits per heavy atom. The van der Waals surface area contributed by atoms with Crippen LogP contribution in [0, 0.1) is 47.5 Å². The number of rotatable bonds is 0. The Bertz CT molecular complexity index is 255. The van der Waals surface area contributed by atoms with Crippen molar-refractivity contribution in [3.8, 4) is 0 Å². The minimum absolute atomic E-state index is 0. The molecule has 0 spiro atoms. The molecule has 1 rings (SSSR count). The zero-order valence-corrected chi connectivity index (χ0v) is 15.5. The average Bonchev–Trinajstić information content (AvgIpc) is 2.20. The van der Waals surface area contributed by atoms with E-state index >= 15 is 0 Å². The van der Waals surface area contributed by atoms with Gasteiger partial charge in [0.25, 0.3) is 0 Å². The summed E-state index contributed by atoms with van der Waals surface area (Å²) < 4.78 is 0. The van der Waals surface area contributed by atoms with E-state index in [0.29, 0.717) is 0 Å². The van der Waals surface area contributed by atoms with E-state index < -0.39 is 0 Å². The Morgan fingerprint density at radius 3 is 1.06 bits per heavy atom. The maximum absolute atomic E-state index is 4.08. The Labute approximate surface area is 122 Å². The molecule has 0 aliphatic rings. The van der Waals surface area contributed by atoms with Crippen molar-refractivity contribution in [3.05, 3.63) is 46.2 Å². The molecule has 0 bridgehead atoms. The van der Waals surface area contributed by atoms with Crippen LogP contribution in [0.15, 0.2) is 0 Å². The fourth-order valence-corrected chi connectivity index (χ4v) is 1.58. The molecule has 0 unspecified atom stereocenters. The van der Waals surface area contributed by atoms with Crippen LogP contribution in [0.4, 0.5) is 0 Å². The number of hydrogen-bond donors (Lipinski definition) is 0. The van der Waals surface area contributed by atoms with Gasteiger partial charge < -0.3 is 5.92 Å². The van der Waals surface area contributed by atoms with Crippen molar-refractivity contribution >= 4 is 0 Å². The molecule has 0 heterocycles. The first-order valence-electron chi connectivity index (χ1n) is 5.85. The van der Waals surface area contributed by atoms with Crippen molar-refractivity contribution in [2.45, 2.75) is 55.4 Å². The molecule has 0 saturated heterocycles. The van der Waals surface area contributed by atoms with Crippen molar-refractivity contribution in [2.24, 2.45) is 0 Å². The fraction of sp³-hybridized carbons (Fsp3) is 0.500. The van der Waals surface area contributed by atoms with Crippen LogP contribution in [0.2, 0.25) is 0 Å². The molecule has 0 atom stereocenters. The largest absolute Gasteiger partial charge is 2.00 e. The molecule has 0 amide bonds.